The first-order chi connectivity index (χ1) is 7.70. The summed E-state index contributed by atoms with van der Waals surface area (Å²) >= 11 is 0. The lowest BCUT2D eigenvalue weighted by Gasteiger charge is -2.06. The highest BCUT2D eigenvalue weighted by atomic mass is 19.1. The highest BCUT2D eigenvalue weighted by molar-refractivity contribution is 5.76. The lowest BCUT2D eigenvalue weighted by molar-refractivity contribution is 0.413. The fourth-order valence-electron chi connectivity index (χ4n) is 1.47. The third-order valence-corrected chi connectivity index (χ3v) is 2.27. The zero-order valence-corrected chi connectivity index (χ0v) is 8.77. The van der Waals surface area contributed by atoms with Gasteiger partial charge in [0.25, 0.3) is 0 Å². The van der Waals surface area contributed by atoms with Crippen LogP contribution in [0.3, 0.4) is 0 Å². The van der Waals surface area contributed by atoms with E-state index in [1.165, 1.54) is 12.1 Å². The molecule has 0 aliphatic carbocycles. The Morgan fingerprint density at radius 1 is 1.25 bits per heavy atom. The second kappa shape index (κ2) is 4.18. The van der Waals surface area contributed by atoms with E-state index in [1.807, 2.05) is 0 Å². The first-order valence-electron chi connectivity index (χ1n) is 4.75. The van der Waals surface area contributed by atoms with Gasteiger partial charge in [-0.2, -0.15) is 0 Å². The van der Waals surface area contributed by atoms with Gasteiger partial charge in [-0.1, -0.05) is 0 Å². The van der Waals surface area contributed by atoms with Crippen LogP contribution in [0.2, 0.25) is 0 Å². The molecule has 1 aromatic heterocycles. The minimum absolute atomic E-state index is 0.350. The van der Waals surface area contributed by atoms with Gasteiger partial charge in [0.05, 0.1) is 13.3 Å². The summed E-state index contributed by atoms with van der Waals surface area (Å²) in [7, 11) is 1.56. The quantitative estimate of drug-likeness (QED) is 0.788. The molecule has 4 heteroatoms. The highest BCUT2D eigenvalue weighted by Crippen LogP contribution is 2.27. The van der Waals surface area contributed by atoms with Crippen molar-refractivity contribution in [2.24, 2.45) is 0 Å². The van der Waals surface area contributed by atoms with Crippen LogP contribution in [0.1, 0.15) is 0 Å². The van der Waals surface area contributed by atoms with E-state index in [9.17, 15) is 4.39 Å². The maximum absolute atomic E-state index is 12.9. The molecule has 0 aliphatic heterocycles. The molecule has 82 valence electrons. The Balaban J connectivity index is 2.49. The zero-order chi connectivity index (χ0) is 11.5. The Hall–Kier alpha value is -2.10. The van der Waals surface area contributed by atoms with E-state index < -0.39 is 0 Å². The van der Waals surface area contributed by atoms with Gasteiger partial charge in [0, 0.05) is 23.0 Å². The zero-order valence-electron chi connectivity index (χ0n) is 8.77. The second-order valence-corrected chi connectivity index (χ2v) is 3.35. The van der Waals surface area contributed by atoms with Crippen LogP contribution in [0.15, 0.2) is 36.7 Å². The van der Waals surface area contributed by atoms with Gasteiger partial charge in [-0.25, -0.2) is 4.39 Å². The number of nitrogens with zero attached hydrogens (tertiary/aromatic N) is 1. The summed E-state index contributed by atoms with van der Waals surface area (Å²) in [6.07, 6.45) is 3.26. The van der Waals surface area contributed by atoms with Crippen molar-refractivity contribution in [3.05, 3.63) is 42.5 Å². The SMILES string of the molecule is COc1cncc(-c2ccc(F)cc2N)c1. The molecule has 3 nitrogen and oxygen atoms in total. The van der Waals surface area contributed by atoms with Gasteiger partial charge < -0.3 is 10.5 Å². The van der Waals surface area contributed by atoms with E-state index in [-0.39, 0.29) is 5.82 Å². The highest BCUT2D eigenvalue weighted by Gasteiger charge is 2.05. The largest absolute Gasteiger partial charge is 0.495 e. The van der Waals surface area contributed by atoms with E-state index in [4.69, 9.17) is 10.5 Å². The molecule has 2 aromatic rings. The summed E-state index contributed by atoms with van der Waals surface area (Å²) in [5, 5.41) is 0. The number of nitrogens with two attached hydrogens (primary N) is 1. The van der Waals surface area contributed by atoms with Gasteiger partial charge in [-0.05, 0) is 24.3 Å². The Morgan fingerprint density at radius 2 is 2.06 bits per heavy atom. The number of methoxy groups -OCH3 is 1. The minimum Gasteiger partial charge on any atom is -0.495 e. The van der Waals surface area contributed by atoms with Crippen LogP contribution < -0.4 is 10.5 Å². The molecule has 2 N–H and O–H groups in total. The molecule has 0 fully saturated rings. The molecular weight excluding hydrogens is 207 g/mol. The van der Waals surface area contributed by atoms with Crippen LogP contribution in [0.5, 0.6) is 5.75 Å². The Labute approximate surface area is 92.7 Å². The molecule has 1 aromatic carbocycles. The first kappa shape index (κ1) is 10.4. The van der Waals surface area contributed by atoms with Crippen molar-refractivity contribution in [2.75, 3.05) is 12.8 Å². The van der Waals surface area contributed by atoms with Gasteiger partial charge in [0.15, 0.2) is 0 Å². The van der Waals surface area contributed by atoms with Crippen LogP contribution >= 0.6 is 0 Å². The predicted molar refractivity (Wildman–Crippen MR) is 60.6 cm³/mol. The van der Waals surface area contributed by atoms with E-state index in [0.717, 1.165) is 11.1 Å². The molecule has 0 bridgehead atoms. The number of halogens is 1. The molecule has 0 amide bonds. The van der Waals surface area contributed by atoms with Crippen molar-refractivity contribution < 1.29 is 9.13 Å². The number of ether oxygens (including phenoxy) is 1. The molecule has 0 atom stereocenters. The lowest BCUT2D eigenvalue weighted by Crippen LogP contribution is -1.92. The molecule has 0 aliphatic rings. The van der Waals surface area contributed by atoms with Gasteiger partial charge in [-0.3, -0.25) is 4.98 Å². The molecular formula is C12H11FN2O. The van der Waals surface area contributed by atoms with Crippen LogP contribution in [-0.2, 0) is 0 Å². The fraction of sp³-hybridized carbons (Fsp3) is 0.0833. The number of anilines is 1. The summed E-state index contributed by atoms with van der Waals surface area (Å²) in [6, 6.07) is 6.08. The maximum Gasteiger partial charge on any atom is 0.137 e. The molecule has 16 heavy (non-hydrogen) atoms. The normalized spacial score (nSPS) is 10.1. The van der Waals surface area contributed by atoms with Gasteiger partial charge >= 0.3 is 0 Å². The molecule has 0 saturated carbocycles. The van der Waals surface area contributed by atoms with Gasteiger partial charge in [-0.15, -0.1) is 0 Å². The number of benzene rings is 1. The Morgan fingerprint density at radius 3 is 2.75 bits per heavy atom. The standard InChI is InChI=1S/C12H11FN2O/c1-16-10-4-8(6-15-7-10)11-3-2-9(13)5-12(11)14/h2-7H,14H2,1H3. The summed E-state index contributed by atoms with van der Waals surface area (Å²) in [5.74, 6) is 0.290. The van der Waals surface area contributed by atoms with Crippen molar-refractivity contribution >= 4 is 5.69 Å². The summed E-state index contributed by atoms with van der Waals surface area (Å²) in [5.41, 5.74) is 7.67. The third-order valence-electron chi connectivity index (χ3n) is 2.27. The van der Waals surface area contributed by atoms with Crippen LogP contribution in [0, 0.1) is 5.82 Å². The number of aromatic nitrogens is 1. The maximum atomic E-state index is 12.9. The Bertz CT molecular complexity index is 514. The minimum atomic E-state index is -0.350. The van der Waals surface area contributed by atoms with Crippen molar-refractivity contribution in [3.8, 4) is 16.9 Å². The van der Waals surface area contributed by atoms with E-state index in [0.29, 0.717) is 11.4 Å². The van der Waals surface area contributed by atoms with E-state index in [2.05, 4.69) is 4.98 Å². The van der Waals surface area contributed by atoms with Crippen LogP contribution in [0.25, 0.3) is 11.1 Å². The van der Waals surface area contributed by atoms with E-state index >= 15 is 0 Å². The second-order valence-electron chi connectivity index (χ2n) is 3.35. The number of pyridine rings is 1. The first-order valence-corrected chi connectivity index (χ1v) is 4.75. The van der Waals surface area contributed by atoms with Gasteiger partial charge in [0.2, 0.25) is 0 Å². The van der Waals surface area contributed by atoms with Crippen molar-refractivity contribution in [3.63, 3.8) is 0 Å². The monoisotopic (exact) mass is 218 g/mol. The number of hydrogen-bond acceptors (Lipinski definition) is 3. The molecule has 2 rings (SSSR count). The summed E-state index contributed by atoms with van der Waals surface area (Å²) < 4.78 is 18.0. The number of nitrogen functional groups attached to an aromatic ring is 1. The third kappa shape index (κ3) is 1.95. The van der Waals surface area contributed by atoms with Crippen LogP contribution in [-0.4, -0.2) is 12.1 Å². The lowest BCUT2D eigenvalue weighted by atomic mass is 10.1. The molecule has 0 spiro atoms. The topological polar surface area (TPSA) is 48.1 Å². The summed E-state index contributed by atoms with van der Waals surface area (Å²) in [6.45, 7) is 0. The average Bonchev–Trinajstić information content (AvgIpc) is 2.29. The van der Waals surface area contributed by atoms with E-state index in [1.54, 1.807) is 31.6 Å². The Kier molecular flexibility index (Phi) is 2.72. The molecule has 0 saturated heterocycles. The van der Waals surface area contributed by atoms with Gasteiger partial charge in [0.1, 0.15) is 11.6 Å². The smallest absolute Gasteiger partial charge is 0.137 e. The molecule has 0 radical (unpaired) electrons. The van der Waals surface area contributed by atoms with Crippen molar-refractivity contribution in [1.82, 2.24) is 4.98 Å². The average molecular weight is 218 g/mol. The summed E-state index contributed by atoms with van der Waals surface area (Å²) in [4.78, 5) is 4.02. The molecule has 0 unspecified atom stereocenters. The predicted octanol–water partition coefficient (Wildman–Crippen LogP) is 2.48. The van der Waals surface area contributed by atoms with Crippen molar-refractivity contribution in [2.45, 2.75) is 0 Å². The van der Waals surface area contributed by atoms with Crippen LogP contribution in [0.4, 0.5) is 10.1 Å². The fourth-order valence-corrected chi connectivity index (χ4v) is 1.47. The number of hydrogen-bond donors (Lipinski definition) is 1. The molecule has 1 heterocycles. The van der Waals surface area contributed by atoms with Crippen molar-refractivity contribution in [1.29, 1.82) is 0 Å². The number of rotatable bonds is 2.